The number of fused-ring (bicyclic) bond motifs is 1. The van der Waals surface area contributed by atoms with Crippen molar-refractivity contribution in [1.82, 2.24) is 24.9 Å². The Morgan fingerprint density at radius 2 is 1.82 bits per heavy atom. The Hall–Kier alpha value is -2.70. The van der Waals surface area contributed by atoms with Crippen molar-refractivity contribution in [2.75, 3.05) is 11.5 Å². The molecule has 0 aliphatic carbocycles. The van der Waals surface area contributed by atoms with Crippen LogP contribution in [0.3, 0.4) is 0 Å². The van der Waals surface area contributed by atoms with Gasteiger partial charge in [-0.1, -0.05) is 0 Å². The van der Waals surface area contributed by atoms with E-state index in [1.165, 1.54) is 6.20 Å². The monoisotopic (exact) mass is 227 g/mol. The molecule has 17 heavy (non-hydrogen) atoms. The van der Waals surface area contributed by atoms with Gasteiger partial charge in [-0.3, -0.25) is 0 Å². The van der Waals surface area contributed by atoms with Gasteiger partial charge in [0.25, 0.3) is 0 Å². The third kappa shape index (κ3) is 1.53. The predicted octanol–water partition coefficient (Wildman–Crippen LogP) is 0.579. The molecule has 5 N–H and O–H groups in total. The molecule has 0 saturated heterocycles. The zero-order valence-corrected chi connectivity index (χ0v) is 8.75. The first-order chi connectivity index (χ1) is 8.24. The normalized spacial score (nSPS) is 10.8. The molecule has 3 heterocycles. The maximum atomic E-state index is 5.73. The van der Waals surface area contributed by atoms with Crippen LogP contribution >= 0.6 is 0 Å². The Morgan fingerprint density at radius 1 is 1.00 bits per heavy atom. The van der Waals surface area contributed by atoms with Gasteiger partial charge in [0.15, 0.2) is 17.3 Å². The molecule has 0 aliphatic rings. The molecule has 0 saturated carbocycles. The van der Waals surface area contributed by atoms with E-state index in [0.29, 0.717) is 28.8 Å². The zero-order valence-electron chi connectivity index (χ0n) is 8.75. The molecule has 84 valence electrons. The van der Waals surface area contributed by atoms with E-state index in [1.54, 1.807) is 18.3 Å². The maximum absolute atomic E-state index is 5.73. The molecule has 0 aromatic carbocycles. The predicted molar refractivity (Wildman–Crippen MR) is 63.7 cm³/mol. The second kappa shape index (κ2) is 3.41. The summed E-state index contributed by atoms with van der Waals surface area (Å²) in [5.74, 6) is 1.27. The van der Waals surface area contributed by atoms with Gasteiger partial charge in [0.2, 0.25) is 0 Å². The average Bonchev–Trinajstić information content (AvgIpc) is 2.72. The van der Waals surface area contributed by atoms with Gasteiger partial charge in [0.1, 0.15) is 11.5 Å². The molecular formula is C10H9N7. The summed E-state index contributed by atoms with van der Waals surface area (Å²) in [6, 6.07) is 3.51. The number of nitrogens with zero attached hydrogens (tertiary/aromatic N) is 4. The summed E-state index contributed by atoms with van der Waals surface area (Å²) in [5, 5.41) is 0. The molecule has 0 aliphatic heterocycles. The highest BCUT2D eigenvalue weighted by Crippen LogP contribution is 2.21. The van der Waals surface area contributed by atoms with Crippen molar-refractivity contribution in [1.29, 1.82) is 0 Å². The van der Waals surface area contributed by atoms with Crippen LogP contribution in [0, 0.1) is 0 Å². The number of nitrogen functional groups attached to an aromatic ring is 2. The minimum Gasteiger partial charge on any atom is -0.384 e. The van der Waals surface area contributed by atoms with E-state index >= 15 is 0 Å². The summed E-state index contributed by atoms with van der Waals surface area (Å²) in [7, 11) is 0. The molecule has 0 radical (unpaired) electrons. The van der Waals surface area contributed by atoms with Crippen LogP contribution in [0.1, 0.15) is 0 Å². The fourth-order valence-electron chi connectivity index (χ4n) is 1.55. The quantitative estimate of drug-likeness (QED) is 0.559. The molecule has 0 amide bonds. The summed E-state index contributed by atoms with van der Waals surface area (Å²) in [6.45, 7) is 0. The van der Waals surface area contributed by atoms with Crippen molar-refractivity contribution in [2.24, 2.45) is 0 Å². The molecule has 0 spiro atoms. The summed E-state index contributed by atoms with van der Waals surface area (Å²) in [4.78, 5) is 19.5. The molecule has 3 aromatic heterocycles. The lowest BCUT2D eigenvalue weighted by molar-refractivity contribution is 1.17. The highest BCUT2D eigenvalue weighted by atomic mass is 15.0. The number of hydrogen-bond donors (Lipinski definition) is 3. The van der Waals surface area contributed by atoms with Crippen LogP contribution in [0.2, 0.25) is 0 Å². The van der Waals surface area contributed by atoms with Crippen LogP contribution in [0.15, 0.2) is 24.5 Å². The van der Waals surface area contributed by atoms with Crippen molar-refractivity contribution >= 4 is 22.8 Å². The lowest BCUT2D eigenvalue weighted by Gasteiger charge is -1.97. The number of anilines is 2. The second-order valence-corrected chi connectivity index (χ2v) is 3.48. The van der Waals surface area contributed by atoms with Crippen LogP contribution < -0.4 is 11.5 Å². The standard InChI is InChI=1S/C10H9N7/c11-6-2-1-5-9(16-6)17-10(15-5)7-8(12)14-4-3-13-7/h1-4H,(H2,12,14)(H3,11,15,16,17). The van der Waals surface area contributed by atoms with Crippen molar-refractivity contribution < 1.29 is 0 Å². The van der Waals surface area contributed by atoms with Crippen LogP contribution in [-0.4, -0.2) is 24.9 Å². The second-order valence-electron chi connectivity index (χ2n) is 3.48. The number of nitrogens with two attached hydrogens (primary N) is 2. The maximum Gasteiger partial charge on any atom is 0.180 e. The molecular weight excluding hydrogens is 218 g/mol. The van der Waals surface area contributed by atoms with Crippen LogP contribution in [0.25, 0.3) is 22.7 Å². The molecule has 0 fully saturated rings. The van der Waals surface area contributed by atoms with Gasteiger partial charge in [0, 0.05) is 12.4 Å². The molecule has 0 bridgehead atoms. The lowest BCUT2D eigenvalue weighted by Crippen LogP contribution is -1.96. The van der Waals surface area contributed by atoms with E-state index in [1.807, 2.05) is 0 Å². The van der Waals surface area contributed by atoms with Crippen LogP contribution in [-0.2, 0) is 0 Å². The van der Waals surface area contributed by atoms with Crippen molar-refractivity contribution in [2.45, 2.75) is 0 Å². The van der Waals surface area contributed by atoms with Gasteiger partial charge in [0.05, 0.1) is 5.52 Å². The summed E-state index contributed by atoms with van der Waals surface area (Å²) < 4.78 is 0. The summed E-state index contributed by atoms with van der Waals surface area (Å²) >= 11 is 0. The van der Waals surface area contributed by atoms with Gasteiger partial charge in [-0.25, -0.2) is 19.9 Å². The minimum atomic E-state index is 0.319. The largest absolute Gasteiger partial charge is 0.384 e. The number of nitrogens with one attached hydrogen (secondary N) is 1. The molecule has 7 heteroatoms. The molecule has 3 rings (SSSR count). The van der Waals surface area contributed by atoms with E-state index in [-0.39, 0.29) is 0 Å². The summed E-state index contributed by atoms with van der Waals surface area (Å²) in [5.41, 5.74) is 13.1. The van der Waals surface area contributed by atoms with Gasteiger partial charge in [-0.15, -0.1) is 0 Å². The Bertz CT molecular complexity index is 688. The van der Waals surface area contributed by atoms with Gasteiger partial charge in [-0.2, -0.15) is 0 Å². The van der Waals surface area contributed by atoms with Crippen molar-refractivity contribution in [3.8, 4) is 11.5 Å². The number of H-pyrrole nitrogens is 1. The van der Waals surface area contributed by atoms with E-state index in [2.05, 4.69) is 24.9 Å². The minimum absolute atomic E-state index is 0.319. The third-order valence-electron chi connectivity index (χ3n) is 2.32. The number of aromatic amines is 1. The van der Waals surface area contributed by atoms with E-state index < -0.39 is 0 Å². The van der Waals surface area contributed by atoms with Crippen LogP contribution in [0.5, 0.6) is 0 Å². The Balaban J connectivity index is 2.22. The first kappa shape index (κ1) is 9.52. The van der Waals surface area contributed by atoms with E-state index in [4.69, 9.17) is 11.5 Å². The summed E-state index contributed by atoms with van der Waals surface area (Å²) in [6.07, 6.45) is 3.08. The van der Waals surface area contributed by atoms with Crippen molar-refractivity contribution in [3.05, 3.63) is 24.5 Å². The molecule has 3 aromatic rings. The lowest BCUT2D eigenvalue weighted by atomic mass is 10.4. The number of hydrogen-bond acceptors (Lipinski definition) is 6. The third-order valence-corrected chi connectivity index (χ3v) is 2.32. The first-order valence-corrected chi connectivity index (χ1v) is 4.93. The van der Waals surface area contributed by atoms with Gasteiger partial charge in [-0.05, 0) is 12.1 Å². The molecule has 0 atom stereocenters. The number of pyridine rings is 1. The van der Waals surface area contributed by atoms with Crippen LogP contribution in [0.4, 0.5) is 11.6 Å². The van der Waals surface area contributed by atoms with Crippen molar-refractivity contribution in [3.63, 3.8) is 0 Å². The van der Waals surface area contributed by atoms with Gasteiger partial charge < -0.3 is 16.5 Å². The van der Waals surface area contributed by atoms with Gasteiger partial charge >= 0.3 is 0 Å². The number of imidazole rings is 1. The zero-order chi connectivity index (χ0) is 11.8. The number of rotatable bonds is 1. The number of aromatic nitrogens is 5. The SMILES string of the molecule is Nc1ccc2[nH]c(-c3nccnc3N)nc2n1. The smallest absolute Gasteiger partial charge is 0.180 e. The topological polar surface area (TPSA) is 119 Å². The highest BCUT2D eigenvalue weighted by molar-refractivity contribution is 5.78. The fourth-order valence-corrected chi connectivity index (χ4v) is 1.55. The Labute approximate surface area is 95.9 Å². The molecule has 0 unspecified atom stereocenters. The average molecular weight is 227 g/mol. The highest BCUT2D eigenvalue weighted by Gasteiger charge is 2.10. The van der Waals surface area contributed by atoms with E-state index in [9.17, 15) is 0 Å². The molecule has 7 nitrogen and oxygen atoms in total. The first-order valence-electron chi connectivity index (χ1n) is 4.93. The Morgan fingerprint density at radius 3 is 2.65 bits per heavy atom. The fraction of sp³-hybridized carbons (Fsp3) is 0. The Kier molecular flexibility index (Phi) is 1.91. The van der Waals surface area contributed by atoms with E-state index in [0.717, 1.165) is 5.52 Å².